The zero-order chi connectivity index (χ0) is 21.1. The van der Waals surface area contributed by atoms with Crippen molar-refractivity contribution in [2.45, 2.75) is 18.6 Å². The van der Waals surface area contributed by atoms with E-state index in [4.69, 9.17) is 23.7 Å². The van der Waals surface area contributed by atoms with Crippen molar-refractivity contribution in [3.05, 3.63) is 35.4 Å². The van der Waals surface area contributed by atoms with Crippen molar-refractivity contribution in [1.82, 2.24) is 0 Å². The van der Waals surface area contributed by atoms with Crippen LogP contribution < -0.4 is 0 Å². The number of aryl methyl sites for hydroxylation is 1. The van der Waals surface area contributed by atoms with Crippen LogP contribution in [-0.2, 0) is 42.9 Å². The molecule has 9 heteroatoms. The SMILES string of the molecule is COC(=O)C1C(c2ccc(C)cc2)OC(C(=O)OC)(C(=O)OC)C1C(=O)OC. The summed E-state index contributed by atoms with van der Waals surface area (Å²) in [7, 11) is 4.24. The number of hydrogen-bond donors (Lipinski definition) is 0. The smallest absolute Gasteiger partial charge is 0.351 e. The summed E-state index contributed by atoms with van der Waals surface area (Å²) in [6, 6.07) is 6.84. The van der Waals surface area contributed by atoms with Crippen molar-refractivity contribution in [3.63, 3.8) is 0 Å². The molecule has 0 spiro atoms. The van der Waals surface area contributed by atoms with Gasteiger partial charge in [0.1, 0.15) is 11.8 Å². The number of methoxy groups -OCH3 is 4. The van der Waals surface area contributed by atoms with E-state index < -0.39 is 47.4 Å². The van der Waals surface area contributed by atoms with Crippen molar-refractivity contribution >= 4 is 23.9 Å². The van der Waals surface area contributed by atoms with E-state index in [0.29, 0.717) is 5.56 Å². The van der Waals surface area contributed by atoms with Crippen LogP contribution in [0, 0.1) is 18.8 Å². The molecule has 0 aliphatic carbocycles. The van der Waals surface area contributed by atoms with Gasteiger partial charge in [-0.1, -0.05) is 29.8 Å². The fraction of sp³-hybridized carbons (Fsp3) is 0.474. The number of hydrogen-bond acceptors (Lipinski definition) is 9. The van der Waals surface area contributed by atoms with Gasteiger partial charge in [0.05, 0.1) is 34.5 Å². The van der Waals surface area contributed by atoms with Crippen LogP contribution in [0.25, 0.3) is 0 Å². The van der Waals surface area contributed by atoms with Crippen LogP contribution in [0.3, 0.4) is 0 Å². The molecule has 1 fully saturated rings. The third-order valence-electron chi connectivity index (χ3n) is 4.75. The van der Waals surface area contributed by atoms with Crippen LogP contribution >= 0.6 is 0 Å². The molecule has 0 bridgehead atoms. The van der Waals surface area contributed by atoms with Crippen molar-refractivity contribution in [2.75, 3.05) is 28.4 Å². The number of ether oxygens (including phenoxy) is 5. The van der Waals surface area contributed by atoms with Crippen LogP contribution in [0.5, 0.6) is 0 Å². The number of carbonyl (C=O) groups is 4. The lowest BCUT2D eigenvalue weighted by Crippen LogP contribution is -2.56. The minimum absolute atomic E-state index is 0.463. The first-order valence-corrected chi connectivity index (χ1v) is 8.35. The maximum Gasteiger partial charge on any atom is 0.351 e. The van der Waals surface area contributed by atoms with Crippen molar-refractivity contribution in [2.24, 2.45) is 11.8 Å². The Balaban J connectivity index is 2.75. The summed E-state index contributed by atoms with van der Waals surface area (Å²) in [6.45, 7) is 1.86. The van der Waals surface area contributed by atoms with E-state index in [-0.39, 0.29) is 0 Å². The molecule has 0 saturated carbocycles. The molecule has 28 heavy (non-hydrogen) atoms. The molecule has 1 saturated heterocycles. The predicted octanol–water partition coefficient (Wildman–Crippen LogP) is 0.730. The highest BCUT2D eigenvalue weighted by Gasteiger charge is 2.71. The summed E-state index contributed by atoms with van der Waals surface area (Å²) in [6.07, 6.45) is -1.16. The first-order chi connectivity index (χ1) is 13.3. The molecule has 2 rings (SSSR count). The van der Waals surface area contributed by atoms with Gasteiger partial charge in [-0.25, -0.2) is 9.59 Å². The second-order valence-corrected chi connectivity index (χ2v) is 6.22. The Morgan fingerprint density at radius 1 is 0.821 bits per heavy atom. The van der Waals surface area contributed by atoms with Crippen molar-refractivity contribution in [3.8, 4) is 0 Å². The Kier molecular flexibility index (Phi) is 6.40. The fourth-order valence-corrected chi connectivity index (χ4v) is 3.38. The largest absolute Gasteiger partial charge is 0.469 e. The average molecular weight is 394 g/mol. The first kappa shape index (κ1) is 21.4. The minimum atomic E-state index is -2.52. The number of carbonyl (C=O) groups excluding carboxylic acids is 4. The predicted molar refractivity (Wildman–Crippen MR) is 92.8 cm³/mol. The fourth-order valence-electron chi connectivity index (χ4n) is 3.38. The molecule has 1 aromatic carbocycles. The van der Waals surface area contributed by atoms with Crippen molar-refractivity contribution < 1.29 is 42.9 Å². The van der Waals surface area contributed by atoms with Crippen LogP contribution in [0.15, 0.2) is 24.3 Å². The van der Waals surface area contributed by atoms with E-state index in [0.717, 1.165) is 34.0 Å². The molecule has 0 amide bonds. The molecule has 0 N–H and O–H groups in total. The third-order valence-corrected chi connectivity index (χ3v) is 4.75. The zero-order valence-corrected chi connectivity index (χ0v) is 16.2. The van der Waals surface area contributed by atoms with Gasteiger partial charge in [0.2, 0.25) is 0 Å². The highest BCUT2D eigenvalue weighted by Crippen LogP contribution is 2.50. The van der Waals surface area contributed by atoms with Gasteiger partial charge in [0.25, 0.3) is 5.60 Å². The third kappa shape index (κ3) is 3.33. The number of benzene rings is 1. The maximum absolute atomic E-state index is 12.6. The molecule has 1 heterocycles. The molecular weight excluding hydrogens is 372 g/mol. The quantitative estimate of drug-likeness (QED) is 0.405. The van der Waals surface area contributed by atoms with Gasteiger partial charge in [0, 0.05) is 0 Å². The molecule has 3 atom stereocenters. The lowest BCUT2D eigenvalue weighted by atomic mass is 9.77. The monoisotopic (exact) mass is 394 g/mol. The summed E-state index contributed by atoms with van der Waals surface area (Å²) >= 11 is 0. The van der Waals surface area contributed by atoms with E-state index in [1.165, 1.54) is 0 Å². The van der Waals surface area contributed by atoms with Crippen LogP contribution in [0.2, 0.25) is 0 Å². The molecule has 152 valence electrons. The molecule has 1 aliphatic heterocycles. The topological polar surface area (TPSA) is 114 Å². The lowest BCUT2D eigenvalue weighted by molar-refractivity contribution is -0.194. The summed E-state index contributed by atoms with van der Waals surface area (Å²) < 4.78 is 24.8. The number of esters is 4. The minimum Gasteiger partial charge on any atom is -0.469 e. The molecule has 1 aromatic rings. The zero-order valence-electron chi connectivity index (χ0n) is 16.2. The van der Waals surface area contributed by atoms with E-state index in [9.17, 15) is 19.2 Å². The van der Waals surface area contributed by atoms with Crippen LogP contribution in [0.1, 0.15) is 17.2 Å². The molecule has 1 aliphatic rings. The van der Waals surface area contributed by atoms with Gasteiger partial charge < -0.3 is 23.7 Å². The van der Waals surface area contributed by atoms with Gasteiger partial charge in [-0.05, 0) is 12.5 Å². The van der Waals surface area contributed by atoms with Gasteiger partial charge >= 0.3 is 23.9 Å². The Hall–Kier alpha value is -2.94. The average Bonchev–Trinajstić information content (AvgIpc) is 3.09. The van der Waals surface area contributed by atoms with Gasteiger partial charge in [-0.2, -0.15) is 0 Å². The summed E-state index contributed by atoms with van der Waals surface area (Å²) in [5.41, 5.74) is -1.12. The molecule has 0 radical (unpaired) electrons. The molecule has 3 unspecified atom stereocenters. The Labute approximate surface area is 161 Å². The summed E-state index contributed by atoms with van der Waals surface area (Å²) in [5.74, 6) is -7.25. The Morgan fingerprint density at radius 3 is 1.75 bits per heavy atom. The summed E-state index contributed by atoms with van der Waals surface area (Å²) in [5, 5.41) is 0. The van der Waals surface area contributed by atoms with E-state index in [2.05, 4.69) is 0 Å². The van der Waals surface area contributed by atoms with Gasteiger partial charge in [-0.3, -0.25) is 9.59 Å². The molecule has 0 aromatic heterocycles. The first-order valence-electron chi connectivity index (χ1n) is 8.35. The van der Waals surface area contributed by atoms with E-state index in [1.54, 1.807) is 24.3 Å². The second-order valence-electron chi connectivity index (χ2n) is 6.22. The molecule has 9 nitrogen and oxygen atoms in total. The van der Waals surface area contributed by atoms with Crippen LogP contribution in [-0.4, -0.2) is 57.9 Å². The van der Waals surface area contributed by atoms with Crippen LogP contribution in [0.4, 0.5) is 0 Å². The van der Waals surface area contributed by atoms with E-state index in [1.807, 2.05) is 6.92 Å². The van der Waals surface area contributed by atoms with Gasteiger partial charge in [-0.15, -0.1) is 0 Å². The highest BCUT2D eigenvalue weighted by atomic mass is 16.6. The van der Waals surface area contributed by atoms with Gasteiger partial charge in [0.15, 0.2) is 0 Å². The standard InChI is InChI=1S/C19H22O9/c1-10-6-8-11(9-7-10)14-12(15(20)24-2)13(16(21)25-3)19(28-14,17(22)26-4)18(23)27-5/h6-9,12-14H,1-5H3. The highest BCUT2D eigenvalue weighted by molar-refractivity contribution is 6.09. The Bertz CT molecular complexity index is 752. The van der Waals surface area contributed by atoms with E-state index >= 15 is 0 Å². The summed E-state index contributed by atoms with van der Waals surface area (Å²) in [4.78, 5) is 50.5. The molecular formula is C19H22O9. The Morgan fingerprint density at radius 2 is 1.32 bits per heavy atom. The maximum atomic E-state index is 12.6. The normalized spacial score (nSPS) is 22.8. The lowest BCUT2D eigenvalue weighted by Gasteiger charge is -2.27. The number of rotatable bonds is 5. The second kappa shape index (κ2) is 8.39. The van der Waals surface area contributed by atoms with Crippen molar-refractivity contribution in [1.29, 1.82) is 0 Å².